The van der Waals surface area contributed by atoms with Crippen LogP contribution >= 0.6 is 0 Å². The van der Waals surface area contributed by atoms with Crippen LogP contribution in [0.3, 0.4) is 0 Å². The number of likely N-dealkylation sites (tertiary alicyclic amines) is 1. The minimum absolute atomic E-state index is 0.0591. The number of benzene rings is 1. The number of hydrogen-bond donors (Lipinski definition) is 4. The van der Waals surface area contributed by atoms with E-state index in [2.05, 4.69) is 27.7 Å². The number of nitrogens with zero attached hydrogens (tertiary/aromatic N) is 1. The Morgan fingerprint density at radius 2 is 2.09 bits per heavy atom. The molecule has 0 unspecified atom stereocenters. The van der Waals surface area contributed by atoms with Gasteiger partial charge in [-0.15, -0.1) is 0 Å². The summed E-state index contributed by atoms with van der Waals surface area (Å²) in [6, 6.07) is 9.69. The number of carbonyl (C=O) groups is 1. The van der Waals surface area contributed by atoms with Crippen molar-refractivity contribution in [3.05, 3.63) is 35.9 Å². The first-order valence-electron chi connectivity index (χ1n) is 8.17. The van der Waals surface area contributed by atoms with Crippen molar-refractivity contribution in [1.82, 2.24) is 15.5 Å². The highest BCUT2D eigenvalue weighted by atomic mass is 16.3. The van der Waals surface area contributed by atoms with Gasteiger partial charge in [-0.25, -0.2) is 0 Å². The molecule has 3 rings (SSSR count). The predicted octanol–water partition coefficient (Wildman–Crippen LogP) is -0.823. The average Bonchev–Trinajstić information content (AvgIpc) is 3.11. The van der Waals surface area contributed by atoms with E-state index in [0.717, 1.165) is 19.6 Å². The van der Waals surface area contributed by atoms with Gasteiger partial charge < -0.3 is 20.8 Å². The van der Waals surface area contributed by atoms with Crippen LogP contribution in [0.1, 0.15) is 5.56 Å². The zero-order valence-corrected chi connectivity index (χ0v) is 13.2. The molecule has 23 heavy (non-hydrogen) atoms. The number of carbonyl (C=O) groups excluding carboxylic acids is 1. The quantitative estimate of drug-likeness (QED) is 0.550. The minimum Gasteiger partial charge on any atom is -0.394 e. The highest BCUT2D eigenvalue weighted by molar-refractivity contribution is 5.84. The normalized spacial score (nSPS) is 27.3. The van der Waals surface area contributed by atoms with Gasteiger partial charge in [0.15, 0.2) is 0 Å². The third-order valence-electron chi connectivity index (χ3n) is 5.07. The lowest BCUT2D eigenvalue weighted by Gasteiger charge is -2.29. The molecule has 0 saturated carbocycles. The van der Waals surface area contributed by atoms with Crippen molar-refractivity contribution in [2.45, 2.75) is 12.6 Å². The summed E-state index contributed by atoms with van der Waals surface area (Å²) in [5.41, 5.74) is 0.789. The van der Waals surface area contributed by atoms with Crippen molar-refractivity contribution in [2.75, 3.05) is 39.4 Å². The maximum absolute atomic E-state index is 12.8. The second kappa shape index (κ2) is 6.97. The zero-order valence-electron chi connectivity index (χ0n) is 13.2. The summed E-state index contributed by atoms with van der Waals surface area (Å²) in [6.07, 6.45) is 0. The summed E-state index contributed by atoms with van der Waals surface area (Å²) in [7, 11) is 0. The predicted molar refractivity (Wildman–Crippen MR) is 86.6 cm³/mol. The van der Waals surface area contributed by atoms with Crippen molar-refractivity contribution >= 4 is 5.91 Å². The summed E-state index contributed by atoms with van der Waals surface area (Å²) in [5, 5.41) is 24.5. The summed E-state index contributed by atoms with van der Waals surface area (Å²) in [5.74, 6) is 0.209. The van der Waals surface area contributed by atoms with Crippen LogP contribution in [0.25, 0.3) is 0 Å². The van der Waals surface area contributed by atoms with Gasteiger partial charge >= 0.3 is 0 Å². The molecule has 2 heterocycles. The number of amides is 1. The molecule has 0 aromatic heterocycles. The molecule has 6 heteroatoms. The van der Waals surface area contributed by atoms with E-state index in [1.165, 1.54) is 5.56 Å². The standard InChI is InChI=1S/C17H25N3O3/c21-9-15(10-22)19-16(23)17-11-18-6-14(17)8-20(12-17)7-13-4-2-1-3-5-13/h1-5,14-15,18,21-22H,6-12H2,(H,19,23)/t14-,17-/m1/s1. The number of rotatable bonds is 6. The lowest BCUT2D eigenvalue weighted by molar-refractivity contribution is -0.132. The van der Waals surface area contributed by atoms with Crippen molar-refractivity contribution < 1.29 is 15.0 Å². The Bertz CT molecular complexity index is 535. The molecule has 0 radical (unpaired) electrons. The zero-order chi connectivity index (χ0) is 16.3. The number of aliphatic hydroxyl groups is 2. The summed E-state index contributed by atoms with van der Waals surface area (Å²) >= 11 is 0. The van der Waals surface area contributed by atoms with Crippen LogP contribution in [-0.2, 0) is 11.3 Å². The van der Waals surface area contributed by atoms with Crippen molar-refractivity contribution in [2.24, 2.45) is 11.3 Å². The fraction of sp³-hybridized carbons (Fsp3) is 0.588. The fourth-order valence-electron chi connectivity index (χ4n) is 3.79. The van der Waals surface area contributed by atoms with Crippen LogP contribution in [-0.4, -0.2) is 66.5 Å². The molecular weight excluding hydrogens is 294 g/mol. The van der Waals surface area contributed by atoms with Crippen LogP contribution in [0.15, 0.2) is 30.3 Å². The number of nitrogens with one attached hydrogen (secondary N) is 2. The van der Waals surface area contributed by atoms with Gasteiger partial charge in [0.25, 0.3) is 0 Å². The van der Waals surface area contributed by atoms with Gasteiger partial charge in [0.2, 0.25) is 5.91 Å². The molecule has 1 aromatic carbocycles. The van der Waals surface area contributed by atoms with Crippen molar-refractivity contribution in [3.63, 3.8) is 0 Å². The largest absolute Gasteiger partial charge is 0.394 e. The highest BCUT2D eigenvalue weighted by Crippen LogP contribution is 2.39. The molecular formula is C17H25N3O3. The molecule has 2 fully saturated rings. The van der Waals surface area contributed by atoms with E-state index < -0.39 is 11.5 Å². The fourth-order valence-corrected chi connectivity index (χ4v) is 3.79. The van der Waals surface area contributed by atoms with E-state index in [1.807, 2.05) is 18.2 Å². The van der Waals surface area contributed by atoms with Gasteiger partial charge in [0.1, 0.15) is 0 Å². The van der Waals surface area contributed by atoms with Gasteiger partial charge in [-0.1, -0.05) is 30.3 Å². The van der Waals surface area contributed by atoms with Gasteiger partial charge in [-0.3, -0.25) is 9.69 Å². The van der Waals surface area contributed by atoms with E-state index >= 15 is 0 Å². The molecule has 6 nitrogen and oxygen atoms in total. The van der Waals surface area contributed by atoms with E-state index in [4.69, 9.17) is 0 Å². The van der Waals surface area contributed by atoms with Crippen LogP contribution in [0.2, 0.25) is 0 Å². The smallest absolute Gasteiger partial charge is 0.229 e. The molecule has 0 aliphatic carbocycles. The molecule has 1 aromatic rings. The molecule has 2 atom stereocenters. The Morgan fingerprint density at radius 1 is 1.35 bits per heavy atom. The number of hydrogen-bond acceptors (Lipinski definition) is 5. The third-order valence-corrected chi connectivity index (χ3v) is 5.07. The van der Waals surface area contributed by atoms with Gasteiger partial charge in [-0.2, -0.15) is 0 Å². The highest BCUT2D eigenvalue weighted by Gasteiger charge is 2.54. The first kappa shape index (κ1) is 16.4. The molecule has 0 bridgehead atoms. The summed E-state index contributed by atoms with van der Waals surface area (Å²) in [6.45, 7) is 3.43. The maximum Gasteiger partial charge on any atom is 0.229 e. The molecule has 126 valence electrons. The minimum atomic E-state index is -0.582. The van der Waals surface area contributed by atoms with E-state index in [-0.39, 0.29) is 25.0 Å². The monoisotopic (exact) mass is 319 g/mol. The summed E-state index contributed by atoms with van der Waals surface area (Å²) in [4.78, 5) is 15.1. The Kier molecular flexibility index (Phi) is 4.96. The van der Waals surface area contributed by atoms with Crippen LogP contribution in [0.4, 0.5) is 0 Å². The number of fused-ring (bicyclic) bond motifs is 1. The molecule has 2 aliphatic rings. The Hall–Kier alpha value is -1.47. The molecule has 1 amide bonds. The molecule has 0 spiro atoms. The Balaban J connectivity index is 1.69. The third kappa shape index (κ3) is 3.26. The van der Waals surface area contributed by atoms with Gasteiger partial charge in [-0.05, 0) is 5.56 Å². The molecule has 2 aliphatic heterocycles. The number of aliphatic hydroxyl groups excluding tert-OH is 2. The first-order chi connectivity index (χ1) is 11.2. The second-order valence-electron chi connectivity index (χ2n) is 6.67. The van der Waals surface area contributed by atoms with Gasteiger partial charge in [0.05, 0.1) is 24.7 Å². The van der Waals surface area contributed by atoms with Crippen molar-refractivity contribution in [1.29, 1.82) is 0 Å². The summed E-state index contributed by atoms with van der Waals surface area (Å²) < 4.78 is 0. The van der Waals surface area contributed by atoms with Gasteiger partial charge in [0, 0.05) is 38.6 Å². The van der Waals surface area contributed by atoms with E-state index in [9.17, 15) is 15.0 Å². The Labute approximate surface area is 136 Å². The Morgan fingerprint density at radius 3 is 2.78 bits per heavy atom. The average molecular weight is 319 g/mol. The topological polar surface area (TPSA) is 84.8 Å². The van der Waals surface area contributed by atoms with Crippen LogP contribution in [0.5, 0.6) is 0 Å². The lowest BCUT2D eigenvalue weighted by Crippen LogP contribution is -2.52. The molecule has 4 N–H and O–H groups in total. The SMILES string of the molecule is O=C(NC(CO)CO)[C@@]12CNC[C@@H]1CN(Cc1ccccc1)C2. The van der Waals surface area contributed by atoms with E-state index in [1.54, 1.807) is 0 Å². The van der Waals surface area contributed by atoms with Crippen molar-refractivity contribution in [3.8, 4) is 0 Å². The maximum atomic E-state index is 12.8. The molecule has 2 saturated heterocycles. The first-order valence-corrected chi connectivity index (χ1v) is 8.17. The second-order valence-corrected chi connectivity index (χ2v) is 6.67. The lowest BCUT2D eigenvalue weighted by atomic mass is 9.80. The van der Waals surface area contributed by atoms with Crippen LogP contribution in [0, 0.1) is 11.3 Å². The van der Waals surface area contributed by atoms with E-state index in [0.29, 0.717) is 13.1 Å². The van der Waals surface area contributed by atoms with Crippen LogP contribution < -0.4 is 10.6 Å².